The van der Waals surface area contributed by atoms with Crippen LogP contribution in [-0.4, -0.2) is 16.6 Å². The summed E-state index contributed by atoms with van der Waals surface area (Å²) < 4.78 is 5.93. The fourth-order valence-corrected chi connectivity index (χ4v) is 4.42. The van der Waals surface area contributed by atoms with Gasteiger partial charge in [0.1, 0.15) is 11.6 Å². The minimum absolute atomic E-state index is 0.485. The molecule has 0 aliphatic heterocycles. The Labute approximate surface area is 188 Å². The van der Waals surface area contributed by atoms with Gasteiger partial charge < -0.3 is 4.74 Å². The maximum Gasteiger partial charge on any atom is 0.131 e. The Kier molecular flexibility index (Phi) is 9.83. The number of hydrogen-bond donors (Lipinski definition) is 0. The average Bonchev–Trinajstić information content (AvgIpc) is 2.83. The molecule has 0 saturated heterocycles. The molecular weight excluding hydrogens is 382 g/mol. The number of aromatic nitrogens is 2. The van der Waals surface area contributed by atoms with E-state index in [-0.39, 0.29) is 0 Å². The molecule has 4 heteroatoms. The fraction of sp³-hybridized carbons (Fsp3) is 0.593. The van der Waals surface area contributed by atoms with Crippen LogP contribution in [0.5, 0.6) is 5.75 Å². The second-order valence-corrected chi connectivity index (χ2v) is 8.99. The molecule has 0 bridgehead atoms. The van der Waals surface area contributed by atoms with Gasteiger partial charge in [0.2, 0.25) is 0 Å². The second kappa shape index (κ2) is 13.1. The number of hydrogen-bond acceptors (Lipinski definition) is 4. The minimum Gasteiger partial charge on any atom is -0.493 e. The van der Waals surface area contributed by atoms with E-state index in [1.165, 1.54) is 50.5 Å². The highest BCUT2D eigenvalue weighted by molar-refractivity contribution is 5.34. The summed E-state index contributed by atoms with van der Waals surface area (Å²) in [5.41, 5.74) is 1.95. The van der Waals surface area contributed by atoms with Gasteiger partial charge in [-0.05, 0) is 74.3 Å². The maximum absolute atomic E-state index is 8.88. The van der Waals surface area contributed by atoms with Gasteiger partial charge in [-0.2, -0.15) is 5.26 Å². The van der Waals surface area contributed by atoms with Gasteiger partial charge in [0.15, 0.2) is 0 Å². The molecule has 1 fully saturated rings. The highest BCUT2D eigenvalue weighted by atomic mass is 16.5. The molecule has 166 valence electrons. The first kappa shape index (κ1) is 23.3. The zero-order valence-electron chi connectivity index (χ0n) is 19.1. The standard InChI is InChI=1S/C27H37N3O/c1-2-3-4-5-6-7-8-9-24-19-29-27(30-20-24)25-14-10-23(11-15-25)21-31-26-16-12-22(18-28)13-17-26/h12-13,16-17,19-20,23,25H,2-11,14-15,21H2,1H3/t23-,25-. The zero-order valence-corrected chi connectivity index (χ0v) is 19.1. The van der Waals surface area contributed by atoms with Crippen LogP contribution in [0.3, 0.4) is 0 Å². The summed E-state index contributed by atoms with van der Waals surface area (Å²) in [6, 6.07) is 9.51. The molecule has 0 radical (unpaired) electrons. The quantitative estimate of drug-likeness (QED) is 0.348. The van der Waals surface area contributed by atoms with E-state index in [2.05, 4.69) is 25.4 Å². The fourth-order valence-electron chi connectivity index (χ4n) is 4.42. The van der Waals surface area contributed by atoms with Gasteiger partial charge in [0.05, 0.1) is 18.2 Å². The van der Waals surface area contributed by atoms with Crippen LogP contribution in [0.4, 0.5) is 0 Å². The van der Waals surface area contributed by atoms with Crippen LogP contribution >= 0.6 is 0 Å². The monoisotopic (exact) mass is 419 g/mol. The van der Waals surface area contributed by atoms with E-state index >= 15 is 0 Å². The van der Waals surface area contributed by atoms with Gasteiger partial charge in [0.25, 0.3) is 0 Å². The number of benzene rings is 1. The Morgan fingerprint density at radius 2 is 1.55 bits per heavy atom. The summed E-state index contributed by atoms with van der Waals surface area (Å²) >= 11 is 0. The van der Waals surface area contributed by atoms with Crippen LogP contribution in [-0.2, 0) is 6.42 Å². The molecule has 0 N–H and O–H groups in total. The highest BCUT2D eigenvalue weighted by Crippen LogP contribution is 2.34. The third kappa shape index (κ3) is 7.98. The van der Waals surface area contributed by atoms with Crippen LogP contribution in [0.15, 0.2) is 36.7 Å². The van der Waals surface area contributed by atoms with E-state index < -0.39 is 0 Å². The van der Waals surface area contributed by atoms with Gasteiger partial charge in [-0.15, -0.1) is 0 Å². The van der Waals surface area contributed by atoms with Crippen LogP contribution in [0.1, 0.15) is 100 Å². The third-order valence-corrected chi connectivity index (χ3v) is 6.48. The first-order chi connectivity index (χ1) is 15.3. The number of aryl methyl sites for hydroxylation is 1. The van der Waals surface area contributed by atoms with Gasteiger partial charge in [-0.1, -0.05) is 45.4 Å². The Morgan fingerprint density at radius 1 is 0.903 bits per heavy atom. The molecular formula is C27H37N3O. The molecule has 1 heterocycles. The van der Waals surface area contributed by atoms with Gasteiger partial charge >= 0.3 is 0 Å². The summed E-state index contributed by atoms with van der Waals surface area (Å²) in [6.45, 7) is 3.01. The van der Waals surface area contributed by atoms with Crippen molar-refractivity contribution in [3.63, 3.8) is 0 Å². The van der Waals surface area contributed by atoms with Crippen molar-refractivity contribution in [3.05, 3.63) is 53.6 Å². The molecule has 2 aromatic rings. The predicted octanol–water partition coefficient (Wildman–Crippen LogP) is 6.99. The molecule has 0 unspecified atom stereocenters. The summed E-state index contributed by atoms with van der Waals surface area (Å²) in [5, 5.41) is 8.88. The van der Waals surface area contributed by atoms with E-state index in [1.54, 1.807) is 12.1 Å². The molecule has 1 saturated carbocycles. The van der Waals surface area contributed by atoms with E-state index in [9.17, 15) is 0 Å². The molecule has 4 nitrogen and oxygen atoms in total. The molecule has 3 rings (SSSR count). The molecule has 0 atom stereocenters. The summed E-state index contributed by atoms with van der Waals surface area (Å²) in [4.78, 5) is 9.42. The van der Waals surface area contributed by atoms with Crippen molar-refractivity contribution >= 4 is 0 Å². The van der Waals surface area contributed by atoms with Crippen molar-refractivity contribution in [1.82, 2.24) is 9.97 Å². The molecule has 1 aromatic carbocycles. The summed E-state index contributed by atoms with van der Waals surface area (Å²) in [6.07, 6.45) is 19.2. The first-order valence-corrected chi connectivity index (χ1v) is 12.2. The van der Waals surface area contributed by atoms with Gasteiger partial charge in [-0.25, -0.2) is 9.97 Å². The van der Waals surface area contributed by atoms with E-state index in [4.69, 9.17) is 20.0 Å². The smallest absolute Gasteiger partial charge is 0.131 e. The molecule has 0 amide bonds. The molecule has 31 heavy (non-hydrogen) atoms. The third-order valence-electron chi connectivity index (χ3n) is 6.48. The van der Waals surface area contributed by atoms with Crippen molar-refractivity contribution in [2.75, 3.05) is 6.61 Å². The van der Waals surface area contributed by atoms with Crippen molar-refractivity contribution in [2.24, 2.45) is 5.92 Å². The Morgan fingerprint density at radius 3 is 2.19 bits per heavy atom. The molecule has 1 aliphatic rings. The number of nitrogens with zero attached hydrogens (tertiary/aromatic N) is 3. The largest absolute Gasteiger partial charge is 0.493 e. The van der Waals surface area contributed by atoms with Crippen molar-refractivity contribution in [1.29, 1.82) is 5.26 Å². The van der Waals surface area contributed by atoms with Crippen LogP contribution in [0.25, 0.3) is 0 Å². The normalized spacial score (nSPS) is 18.5. The SMILES string of the molecule is CCCCCCCCCc1cnc([C@H]2CC[C@H](COc3ccc(C#N)cc3)CC2)nc1. The lowest BCUT2D eigenvalue weighted by atomic mass is 9.82. The average molecular weight is 420 g/mol. The summed E-state index contributed by atoms with van der Waals surface area (Å²) in [7, 11) is 0. The van der Waals surface area contributed by atoms with Gasteiger partial charge in [-0.3, -0.25) is 0 Å². The van der Waals surface area contributed by atoms with Crippen molar-refractivity contribution in [2.45, 2.75) is 89.9 Å². The molecule has 0 spiro atoms. The molecule has 1 aliphatic carbocycles. The van der Waals surface area contributed by atoms with Crippen LogP contribution in [0, 0.1) is 17.2 Å². The topological polar surface area (TPSA) is 58.8 Å². The molecule has 1 aromatic heterocycles. The number of nitriles is 1. The first-order valence-electron chi connectivity index (χ1n) is 12.2. The van der Waals surface area contributed by atoms with Gasteiger partial charge in [0, 0.05) is 18.3 Å². The number of rotatable bonds is 12. The zero-order chi connectivity index (χ0) is 21.7. The number of unbranched alkanes of at least 4 members (excludes halogenated alkanes) is 6. The van der Waals surface area contributed by atoms with Crippen molar-refractivity contribution < 1.29 is 4.74 Å². The maximum atomic E-state index is 8.88. The lowest BCUT2D eigenvalue weighted by molar-refractivity contribution is 0.198. The van der Waals surface area contributed by atoms with Crippen molar-refractivity contribution in [3.8, 4) is 11.8 Å². The predicted molar refractivity (Wildman–Crippen MR) is 125 cm³/mol. The lowest BCUT2D eigenvalue weighted by Gasteiger charge is -2.27. The van der Waals surface area contributed by atoms with E-state index in [1.807, 2.05) is 12.1 Å². The van der Waals surface area contributed by atoms with E-state index in [0.717, 1.165) is 50.3 Å². The van der Waals surface area contributed by atoms with E-state index in [0.29, 0.717) is 17.4 Å². The Hall–Kier alpha value is -2.41. The number of ether oxygens (including phenoxy) is 1. The van der Waals surface area contributed by atoms with Crippen LogP contribution in [0.2, 0.25) is 0 Å². The second-order valence-electron chi connectivity index (χ2n) is 8.99. The minimum atomic E-state index is 0.485. The lowest BCUT2D eigenvalue weighted by Crippen LogP contribution is -2.20. The Balaban J connectivity index is 1.33. The Bertz CT molecular complexity index is 787. The highest BCUT2D eigenvalue weighted by Gasteiger charge is 2.24. The summed E-state index contributed by atoms with van der Waals surface area (Å²) in [5.74, 6) is 2.94. The van der Waals surface area contributed by atoms with Crippen LogP contribution < -0.4 is 4.74 Å².